The van der Waals surface area contributed by atoms with Gasteiger partial charge in [-0.05, 0) is 61.9 Å². The monoisotopic (exact) mass is 574 g/mol. The number of rotatable bonds is 7. The molecule has 1 aliphatic rings. The van der Waals surface area contributed by atoms with Gasteiger partial charge in [-0.2, -0.15) is 0 Å². The first kappa shape index (κ1) is 27.0. The number of benzene rings is 3. The van der Waals surface area contributed by atoms with Crippen molar-refractivity contribution in [1.29, 1.82) is 0 Å². The zero-order chi connectivity index (χ0) is 28.6. The molecular formula is C28H21ClN5O5S-. The predicted octanol–water partition coefficient (Wildman–Crippen LogP) is 5.81. The predicted molar refractivity (Wildman–Crippen MR) is 154 cm³/mol. The Bertz CT molecular complexity index is 1680. The van der Waals surface area contributed by atoms with Crippen molar-refractivity contribution >= 4 is 62.9 Å². The quantitative estimate of drug-likeness (QED) is 0.186. The van der Waals surface area contributed by atoms with Crippen LogP contribution in [0.2, 0.25) is 0 Å². The second kappa shape index (κ2) is 10.9. The molecule has 3 N–H and O–H groups in total. The Kier molecular flexibility index (Phi) is 7.37. The molecule has 0 fully saturated rings. The number of hydrogen-bond donors (Lipinski definition) is 3. The van der Waals surface area contributed by atoms with E-state index >= 15 is 0 Å². The number of hydrogen-bond acceptors (Lipinski definition) is 9. The second-order valence-electron chi connectivity index (χ2n) is 8.94. The second-order valence-corrected chi connectivity index (χ2v) is 10.2. The van der Waals surface area contributed by atoms with Crippen molar-refractivity contribution in [2.45, 2.75) is 13.8 Å². The molecule has 2 heterocycles. The summed E-state index contributed by atoms with van der Waals surface area (Å²) >= 11 is 7.45. The van der Waals surface area contributed by atoms with E-state index in [9.17, 15) is 19.6 Å². The maximum atomic E-state index is 13.1. The van der Waals surface area contributed by atoms with Gasteiger partial charge in [-0.25, -0.2) is 9.88 Å². The van der Waals surface area contributed by atoms with Crippen molar-refractivity contribution in [3.05, 3.63) is 105 Å². The number of nitrogens with one attached hydrogen (secondary N) is 2. The number of thiazole rings is 1. The van der Waals surface area contributed by atoms with Crippen LogP contribution in [0, 0.1) is 19.1 Å². The summed E-state index contributed by atoms with van der Waals surface area (Å²) in [4.78, 5) is 44.1. The van der Waals surface area contributed by atoms with Gasteiger partial charge in [-0.3, -0.25) is 24.9 Å². The summed E-state index contributed by atoms with van der Waals surface area (Å²) in [5.41, 5.74) is 4.15. The topological polar surface area (TPSA) is 138 Å². The van der Waals surface area contributed by atoms with Gasteiger partial charge in [0.1, 0.15) is 10.7 Å². The minimum absolute atomic E-state index is 0.0514. The SMILES string of the molecule is Cc1ccc(N2C(=O)C(Cl)=C(Nc3ccc(C(=O)Nc4nc(-c5cccc(N([O-])O)c5)cs4)cc3)C2=O)c(C)c1. The molecule has 0 saturated carbocycles. The molecule has 0 spiro atoms. The number of imide groups is 1. The van der Waals surface area contributed by atoms with Crippen LogP contribution in [-0.2, 0) is 9.59 Å². The number of aromatic nitrogens is 1. The van der Waals surface area contributed by atoms with Crippen molar-refractivity contribution in [2.24, 2.45) is 0 Å². The van der Waals surface area contributed by atoms with E-state index in [4.69, 9.17) is 16.8 Å². The molecule has 40 heavy (non-hydrogen) atoms. The Balaban J connectivity index is 1.26. The van der Waals surface area contributed by atoms with Crippen LogP contribution in [0.5, 0.6) is 0 Å². The third kappa shape index (κ3) is 5.31. The van der Waals surface area contributed by atoms with E-state index in [1.165, 1.54) is 23.5 Å². The summed E-state index contributed by atoms with van der Waals surface area (Å²) in [6.45, 7) is 3.73. The maximum Gasteiger partial charge on any atom is 0.283 e. The molecule has 202 valence electrons. The summed E-state index contributed by atoms with van der Waals surface area (Å²) in [5.74, 6) is -1.60. The van der Waals surface area contributed by atoms with E-state index in [-0.39, 0.29) is 21.6 Å². The number of carbonyl (C=O) groups excluding carboxylic acids is 3. The van der Waals surface area contributed by atoms with Crippen LogP contribution in [0.15, 0.2) is 82.8 Å². The molecule has 10 nitrogen and oxygen atoms in total. The van der Waals surface area contributed by atoms with Crippen molar-refractivity contribution in [2.75, 3.05) is 20.8 Å². The fourth-order valence-electron chi connectivity index (χ4n) is 4.15. The van der Waals surface area contributed by atoms with Crippen LogP contribution in [0.1, 0.15) is 21.5 Å². The summed E-state index contributed by atoms with van der Waals surface area (Å²) in [5, 5.41) is 27.5. The third-order valence-electron chi connectivity index (χ3n) is 6.12. The molecule has 3 aromatic carbocycles. The first-order valence-electron chi connectivity index (χ1n) is 11.9. The Morgan fingerprint density at radius 2 is 1.80 bits per heavy atom. The number of halogens is 1. The average Bonchev–Trinajstić information content (AvgIpc) is 3.48. The molecule has 5 rings (SSSR count). The molecule has 3 amide bonds. The molecule has 0 atom stereocenters. The number of carbonyl (C=O) groups is 3. The number of nitrogens with zero attached hydrogens (tertiary/aromatic N) is 3. The van der Waals surface area contributed by atoms with Gasteiger partial charge in [0.25, 0.3) is 17.7 Å². The van der Waals surface area contributed by atoms with Gasteiger partial charge in [-0.15, -0.1) is 11.3 Å². The van der Waals surface area contributed by atoms with Gasteiger partial charge >= 0.3 is 0 Å². The van der Waals surface area contributed by atoms with Crippen molar-refractivity contribution < 1.29 is 19.6 Å². The van der Waals surface area contributed by atoms with Crippen molar-refractivity contribution in [3.8, 4) is 11.3 Å². The fourth-order valence-corrected chi connectivity index (χ4v) is 5.08. The zero-order valence-corrected chi connectivity index (χ0v) is 22.7. The molecule has 0 unspecified atom stereocenters. The lowest BCUT2D eigenvalue weighted by Crippen LogP contribution is -2.32. The molecule has 4 aromatic rings. The summed E-state index contributed by atoms with van der Waals surface area (Å²) < 4.78 is 0. The first-order valence-corrected chi connectivity index (χ1v) is 13.1. The molecule has 1 aliphatic heterocycles. The highest BCUT2D eigenvalue weighted by molar-refractivity contribution is 7.14. The van der Waals surface area contributed by atoms with Crippen LogP contribution >= 0.6 is 22.9 Å². The van der Waals surface area contributed by atoms with Crippen LogP contribution in [0.25, 0.3) is 11.3 Å². The summed E-state index contributed by atoms with van der Waals surface area (Å²) in [6.07, 6.45) is 0. The maximum absolute atomic E-state index is 13.1. The molecule has 0 saturated heterocycles. The summed E-state index contributed by atoms with van der Waals surface area (Å²) in [7, 11) is 0. The van der Waals surface area contributed by atoms with Gasteiger partial charge in [-0.1, -0.05) is 41.4 Å². The molecule has 0 bridgehead atoms. The Labute approximate surface area is 237 Å². The fraction of sp³-hybridized carbons (Fsp3) is 0.0714. The van der Waals surface area contributed by atoms with Crippen molar-refractivity contribution in [3.63, 3.8) is 0 Å². The van der Waals surface area contributed by atoms with E-state index in [1.54, 1.807) is 47.8 Å². The summed E-state index contributed by atoms with van der Waals surface area (Å²) in [6, 6.07) is 17.9. The minimum atomic E-state index is -0.617. The Morgan fingerprint density at radius 3 is 2.50 bits per heavy atom. The molecule has 0 radical (unpaired) electrons. The van der Waals surface area contributed by atoms with Gasteiger partial charge in [0, 0.05) is 22.2 Å². The normalized spacial score (nSPS) is 13.2. The van der Waals surface area contributed by atoms with E-state index in [0.717, 1.165) is 16.0 Å². The standard InChI is InChI=1S/C28H21ClN5O5S/c1-15-6-11-22(16(2)12-15)33-26(36)23(29)24(27(33)37)30-19-9-7-17(8-10-19)25(35)32-28-31-21(14-40-28)18-4-3-5-20(13-18)34(38)39/h3-14,30,38H,1-2H3,(H,31,32,35)/q-1. The van der Waals surface area contributed by atoms with E-state index in [0.29, 0.717) is 33.3 Å². The lowest BCUT2D eigenvalue weighted by molar-refractivity contribution is -0.120. The smallest absolute Gasteiger partial charge is 0.283 e. The van der Waals surface area contributed by atoms with Crippen LogP contribution in [0.4, 0.5) is 22.2 Å². The number of aryl methyl sites for hydroxylation is 2. The van der Waals surface area contributed by atoms with Crippen LogP contribution in [0.3, 0.4) is 0 Å². The van der Waals surface area contributed by atoms with E-state index in [1.807, 2.05) is 26.0 Å². The highest BCUT2D eigenvalue weighted by Crippen LogP contribution is 2.32. The highest BCUT2D eigenvalue weighted by atomic mass is 35.5. The zero-order valence-electron chi connectivity index (χ0n) is 21.1. The van der Waals surface area contributed by atoms with E-state index < -0.39 is 17.7 Å². The van der Waals surface area contributed by atoms with E-state index in [2.05, 4.69) is 15.6 Å². The lowest BCUT2D eigenvalue weighted by atomic mass is 10.1. The van der Waals surface area contributed by atoms with Gasteiger partial charge < -0.3 is 15.8 Å². The minimum Gasteiger partial charge on any atom is -0.733 e. The van der Waals surface area contributed by atoms with Crippen molar-refractivity contribution in [1.82, 2.24) is 4.98 Å². The first-order chi connectivity index (χ1) is 19.1. The number of anilines is 4. The van der Waals surface area contributed by atoms with Gasteiger partial charge in [0.05, 0.1) is 17.1 Å². The van der Waals surface area contributed by atoms with Gasteiger partial charge in [0.15, 0.2) is 5.13 Å². The van der Waals surface area contributed by atoms with Crippen LogP contribution in [-0.4, -0.2) is 27.9 Å². The lowest BCUT2D eigenvalue weighted by Gasteiger charge is -2.21. The van der Waals surface area contributed by atoms with Crippen LogP contribution < -0.4 is 20.8 Å². The molecular weight excluding hydrogens is 554 g/mol. The average molecular weight is 575 g/mol. The van der Waals surface area contributed by atoms with Gasteiger partial charge in [0.2, 0.25) is 0 Å². The Hall–Kier alpha value is -4.55. The molecule has 1 aromatic heterocycles. The third-order valence-corrected chi connectivity index (χ3v) is 7.23. The largest absolute Gasteiger partial charge is 0.733 e. The Morgan fingerprint density at radius 1 is 1.05 bits per heavy atom. The molecule has 12 heteroatoms. The highest BCUT2D eigenvalue weighted by Gasteiger charge is 2.39. The number of amides is 3. The molecule has 0 aliphatic carbocycles.